The Balaban J connectivity index is 1.54. The van der Waals surface area contributed by atoms with Crippen LogP contribution >= 0.6 is 23.2 Å². The summed E-state index contributed by atoms with van der Waals surface area (Å²) in [6.07, 6.45) is 0.673. The van der Waals surface area contributed by atoms with E-state index in [1.807, 2.05) is 48.5 Å². The minimum atomic E-state index is -0.272. The van der Waals surface area contributed by atoms with Crippen LogP contribution in [-0.4, -0.2) is 11.9 Å². The van der Waals surface area contributed by atoms with Gasteiger partial charge in [-0.1, -0.05) is 47.5 Å². The Hall–Kier alpha value is -1.59. The van der Waals surface area contributed by atoms with Gasteiger partial charge in [0.1, 0.15) is 6.04 Å². The van der Waals surface area contributed by atoms with Gasteiger partial charge in [0.25, 0.3) is 0 Å². The quantitative estimate of drug-likeness (QED) is 0.794. The van der Waals surface area contributed by atoms with Gasteiger partial charge in [-0.25, -0.2) is 10.9 Å². The number of hydrazine groups is 1. The van der Waals surface area contributed by atoms with E-state index in [2.05, 4.69) is 16.2 Å². The van der Waals surface area contributed by atoms with E-state index in [1.54, 1.807) is 0 Å². The SMILES string of the molecule is O=C(NCc1ccc(Cl)cc1)C1CC(c2cccc(Cl)c2)NN1. The van der Waals surface area contributed by atoms with E-state index in [9.17, 15) is 4.79 Å². The summed E-state index contributed by atoms with van der Waals surface area (Å²) in [4.78, 5) is 12.3. The third-order valence-electron chi connectivity index (χ3n) is 3.85. The zero-order valence-corrected chi connectivity index (χ0v) is 13.9. The first-order valence-corrected chi connectivity index (χ1v) is 8.16. The van der Waals surface area contributed by atoms with Crippen LogP contribution in [0.3, 0.4) is 0 Å². The lowest BCUT2D eigenvalue weighted by atomic mass is 10.0. The summed E-state index contributed by atoms with van der Waals surface area (Å²) in [7, 11) is 0. The second-order valence-corrected chi connectivity index (χ2v) is 6.40. The fourth-order valence-corrected chi connectivity index (χ4v) is 2.91. The second kappa shape index (κ2) is 7.32. The number of nitrogens with one attached hydrogen (secondary N) is 3. The van der Waals surface area contributed by atoms with Gasteiger partial charge in [-0.3, -0.25) is 4.79 Å². The highest BCUT2D eigenvalue weighted by atomic mass is 35.5. The van der Waals surface area contributed by atoms with Crippen molar-refractivity contribution in [1.29, 1.82) is 0 Å². The van der Waals surface area contributed by atoms with Crippen molar-refractivity contribution in [1.82, 2.24) is 16.2 Å². The number of carbonyl (C=O) groups is 1. The van der Waals surface area contributed by atoms with E-state index in [4.69, 9.17) is 23.2 Å². The average molecular weight is 350 g/mol. The molecule has 2 aromatic rings. The highest BCUT2D eigenvalue weighted by Crippen LogP contribution is 2.24. The molecule has 0 aliphatic carbocycles. The van der Waals surface area contributed by atoms with Gasteiger partial charge >= 0.3 is 0 Å². The van der Waals surface area contributed by atoms with Gasteiger partial charge in [0.05, 0.1) is 0 Å². The number of benzene rings is 2. The second-order valence-electron chi connectivity index (χ2n) is 5.53. The smallest absolute Gasteiger partial charge is 0.238 e. The molecule has 2 atom stereocenters. The van der Waals surface area contributed by atoms with Crippen molar-refractivity contribution >= 4 is 29.1 Å². The molecule has 120 valence electrons. The Morgan fingerprint density at radius 2 is 1.87 bits per heavy atom. The highest BCUT2D eigenvalue weighted by molar-refractivity contribution is 6.30. The molecular weight excluding hydrogens is 333 g/mol. The lowest BCUT2D eigenvalue weighted by molar-refractivity contribution is -0.123. The van der Waals surface area contributed by atoms with Crippen LogP contribution in [0.25, 0.3) is 0 Å². The standard InChI is InChI=1S/C17H17Cl2N3O/c18-13-6-4-11(5-7-13)10-20-17(23)16-9-15(21-22-16)12-2-1-3-14(19)8-12/h1-8,15-16,21-22H,9-10H2,(H,20,23). The molecule has 0 spiro atoms. The number of hydrogen-bond donors (Lipinski definition) is 3. The highest BCUT2D eigenvalue weighted by Gasteiger charge is 2.29. The predicted octanol–water partition coefficient (Wildman–Crippen LogP) is 3.22. The number of carbonyl (C=O) groups excluding carboxylic acids is 1. The normalized spacial score (nSPS) is 20.4. The van der Waals surface area contributed by atoms with E-state index in [0.717, 1.165) is 11.1 Å². The maximum Gasteiger partial charge on any atom is 0.238 e. The van der Waals surface area contributed by atoms with E-state index in [0.29, 0.717) is 23.0 Å². The number of halogens is 2. The summed E-state index contributed by atoms with van der Waals surface area (Å²) in [6, 6.07) is 14.9. The Morgan fingerprint density at radius 1 is 1.09 bits per heavy atom. The molecule has 2 aromatic carbocycles. The van der Waals surface area contributed by atoms with Crippen molar-refractivity contribution in [3.63, 3.8) is 0 Å². The largest absolute Gasteiger partial charge is 0.351 e. The van der Waals surface area contributed by atoms with Crippen molar-refractivity contribution in [2.45, 2.75) is 25.0 Å². The first-order valence-electron chi connectivity index (χ1n) is 7.40. The van der Waals surface area contributed by atoms with E-state index in [-0.39, 0.29) is 18.0 Å². The molecule has 3 N–H and O–H groups in total. The number of hydrogen-bond acceptors (Lipinski definition) is 3. The molecule has 0 bridgehead atoms. The first-order chi connectivity index (χ1) is 11.1. The lowest BCUT2D eigenvalue weighted by Gasteiger charge is -2.11. The topological polar surface area (TPSA) is 53.2 Å². The summed E-state index contributed by atoms with van der Waals surface area (Å²) in [6.45, 7) is 0.482. The van der Waals surface area contributed by atoms with Gasteiger partial charge in [-0.15, -0.1) is 0 Å². The molecule has 0 aromatic heterocycles. The Kier molecular flexibility index (Phi) is 5.18. The van der Waals surface area contributed by atoms with Gasteiger partial charge in [0.2, 0.25) is 5.91 Å². The first kappa shape index (κ1) is 16.3. The monoisotopic (exact) mass is 349 g/mol. The fourth-order valence-electron chi connectivity index (χ4n) is 2.58. The molecule has 4 nitrogen and oxygen atoms in total. The summed E-state index contributed by atoms with van der Waals surface area (Å²) >= 11 is 11.9. The summed E-state index contributed by atoms with van der Waals surface area (Å²) in [5.41, 5.74) is 8.27. The van der Waals surface area contributed by atoms with Crippen LogP contribution in [0.5, 0.6) is 0 Å². The van der Waals surface area contributed by atoms with Crippen LogP contribution in [0.1, 0.15) is 23.6 Å². The van der Waals surface area contributed by atoms with E-state index < -0.39 is 0 Å². The molecule has 6 heteroatoms. The molecule has 1 saturated heterocycles. The third-order valence-corrected chi connectivity index (χ3v) is 4.34. The van der Waals surface area contributed by atoms with Crippen molar-refractivity contribution in [2.75, 3.05) is 0 Å². The number of rotatable bonds is 4. The van der Waals surface area contributed by atoms with Crippen LogP contribution in [0.2, 0.25) is 10.0 Å². The van der Waals surface area contributed by atoms with Gasteiger partial charge < -0.3 is 5.32 Å². The summed E-state index contributed by atoms with van der Waals surface area (Å²) < 4.78 is 0. The van der Waals surface area contributed by atoms with Gasteiger partial charge in [-0.05, 0) is 41.8 Å². The molecule has 1 amide bonds. The van der Waals surface area contributed by atoms with Crippen molar-refractivity contribution in [3.8, 4) is 0 Å². The molecule has 0 saturated carbocycles. The van der Waals surface area contributed by atoms with Crippen molar-refractivity contribution in [2.24, 2.45) is 0 Å². The molecule has 1 fully saturated rings. The molecule has 2 unspecified atom stereocenters. The van der Waals surface area contributed by atoms with Crippen molar-refractivity contribution < 1.29 is 4.79 Å². The average Bonchev–Trinajstić information content (AvgIpc) is 3.04. The van der Waals surface area contributed by atoms with Crippen LogP contribution in [0, 0.1) is 0 Å². The lowest BCUT2D eigenvalue weighted by Crippen LogP contribution is -2.42. The molecule has 1 heterocycles. The Bertz CT molecular complexity index is 690. The Labute approximate surface area is 145 Å². The maximum atomic E-state index is 12.3. The fraction of sp³-hybridized carbons (Fsp3) is 0.235. The minimum Gasteiger partial charge on any atom is -0.351 e. The number of amides is 1. The third kappa shape index (κ3) is 4.24. The maximum absolute atomic E-state index is 12.3. The van der Waals surface area contributed by atoms with Gasteiger partial charge in [-0.2, -0.15) is 0 Å². The van der Waals surface area contributed by atoms with Crippen LogP contribution in [-0.2, 0) is 11.3 Å². The van der Waals surface area contributed by atoms with E-state index in [1.165, 1.54) is 0 Å². The zero-order valence-electron chi connectivity index (χ0n) is 12.4. The molecule has 1 aliphatic heterocycles. The molecular formula is C17H17Cl2N3O. The van der Waals surface area contributed by atoms with Crippen molar-refractivity contribution in [3.05, 3.63) is 69.7 Å². The van der Waals surface area contributed by atoms with Gasteiger partial charge in [0.15, 0.2) is 0 Å². The summed E-state index contributed by atoms with van der Waals surface area (Å²) in [5, 5.41) is 4.31. The van der Waals surface area contributed by atoms with Gasteiger partial charge in [0, 0.05) is 22.6 Å². The molecule has 0 radical (unpaired) electrons. The predicted molar refractivity (Wildman–Crippen MR) is 92.2 cm³/mol. The van der Waals surface area contributed by atoms with Crippen LogP contribution < -0.4 is 16.2 Å². The van der Waals surface area contributed by atoms with Crippen LogP contribution in [0.15, 0.2) is 48.5 Å². The molecule has 1 aliphatic rings. The zero-order chi connectivity index (χ0) is 16.2. The van der Waals surface area contributed by atoms with E-state index >= 15 is 0 Å². The minimum absolute atomic E-state index is 0.0306. The molecule has 23 heavy (non-hydrogen) atoms. The molecule has 3 rings (SSSR count). The summed E-state index contributed by atoms with van der Waals surface area (Å²) in [5.74, 6) is -0.0306. The Morgan fingerprint density at radius 3 is 2.61 bits per heavy atom. The van der Waals surface area contributed by atoms with Crippen LogP contribution in [0.4, 0.5) is 0 Å².